The smallest absolute Gasteiger partial charge is 0.150 e. The summed E-state index contributed by atoms with van der Waals surface area (Å²) in [6.45, 7) is 1.42. The van der Waals surface area contributed by atoms with Gasteiger partial charge in [-0.2, -0.15) is 0 Å². The molecule has 1 aliphatic carbocycles. The number of carbonyl (C=O) groups is 1. The summed E-state index contributed by atoms with van der Waals surface area (Å²) in [5, 5.41) is 7.62. The Hall–Kier alpha value is -4.14. The first-order valence-corrected chi connectivity index (χ1v) is 12.7. The van der Waals surface area contributed by atoms with Crippen LogP contribution in [0.25, 0.3) is 16.8 Å². The molecule has 3 N–H and O–H groups in total. The highest BCUT2D eigenvalue weighted by molar-refractivity contribution is 6.00. The van der Waals surface area contributed by atoms with Crippen molar-refractivity contribution in [2.45, 2.75) is 51.6 Å². The van der Waals surface area contributed by atoms with Gasteiger partial charge in [-0.25, -0.2) is 18.7 Å². The molecule has 0 spiro atoms. The molecule has 0 saturated heterocycles. The number of nitrogens with zero attached hydrogens (tertiary/aromatic N) is 3. The Labute approximate surface area is 219 Å². The molecular weight excluding hydrogens is 488 g/mol. The number of hydrogen-bond donors (Lipinski definition) is 2. The van der Waals surface area contributed by atoms with Crippen LogP contribution in [0.2, 0.25) is 0 Å². The van der Waals surface area contributed by atoms with Crippen molar-refractivity contribution in [1.29, 1.82) is 5.41 Å². The van der Waals surface area contributed by atoms with E-state index in [-0.39, 0.29) is 36.2 Å². The standard InChI is InChI=1S/C29H29F2N5O2/c1-17(32)14-25(37)18-8-10-19(11-9-18)29-35-26(27-28(33)34-12-13-36(27)29)20-4-2-5-21(15-20)38-16-22-23(30)6-3-7-24(22)31/h2-7,12-13,15,18-19,32H,8-11,14,16H2,1H3,(H2,33,34). The number of ketones is 1. The predicted octanol–water partition coefficient (Wildman–Crippen LogP) is 6.11. The number of fused-ring (bicyclic) bond motifs is 1. The van der Waals surface area contributed by atoms with Crippen LogP contribution in [0.1, 0.15) is 56.3 Å². The number of nitrogen functional groups attached to an aromatic ring is 1. The lowest BCUT2D eigenvalue weighted by molar-refractivity contribution is -0.122. The lowest BCUT2D eigenvalue weighted by Gasteiger charge is -2.27. The van der Waals surface area contributed by atoms with Crippen molar-refractivity contribution in [2.24, 2.45) is 5.92 Å². The molecule has 7 nitrogen and oxygen atoms in total. The Kier molecular flexibility index (Phi) is 7.18. The molecule has 1 saturated carbocycles. The number of carbonyl (C=O) groups excluding carboxylic acids is 1. The first-order valence-electron chi connectivity index (χ1n) is 12.7. The van der Waals surface area contributed by atoms with E-state index in [9.17, 15) is 13.6 Å². The van der Waals surface area contributed by atoms with Crippen molar-refractivity contribution in [1.82, 2.24) is 14.4 Å². The molecule has 1 aliphatic rings. The maximum Gasteiger partial charge on any atom is 0.150 e. The zero-order valence-electron chi connectivity index (χ0n) is 21.1. The number of Topliss-reactive ketones (excluding diaryl/α,β-unsaturated/α-hetero) is 1. The number of anilines is 1. The van der Waals surface area contributed by atoms with Crippen LogP contribution in [0.3, 0.4) is 0 Å². The lowest BCUT2D eigenvalue weighted by atomic mass is 9.79. The summed E-state index contributed by atoms with van der Waals surface area (Å²) in [6, 6.07) is 10.9. The zero-order chi connectivity index (χ0) is 26.8. The minimum absolute atomic E-state index is 0.0166. The summed E-state index contributed by atoms with van der Waals surface area (Å²) >= 11 is 0. The summed E-state index contributed by atoms with van der Waals surface area (Å²) < 4.78 is 35.8. The second-order valence-electron chi connectivity index (χ2n) is 9.84. The van der Waals surface area contributed by atoms with E-state index in [1.807, 2.05) is 16.7 Å². The average Bonchev–Trinajstić information content (AvgIpc) is 3.29. The number of benzene rings is 2. The summed E-state index contributed by atoms with van der Waals surface area (Å²) in [6.07, 6.45) is 6.85. The van der Waals surface area contributed by atoms with Crippen LogP contribution in [0.5, 0.6) is 5.75 Å². The van der Waals surface area contributed by atoms with Gasteiger partial charge in [0, 0.05) is 41.9 Å². The first kappa shape index (κ1) is 25.5. The number of rotatable bonds is 8. The quantitative estimate of drug-likeness (QED) is 0.274. The maximum absolute atomic E-state index is 14.0. The molecule has 0 bridgehead atoms. The average molecular weight is 518 g/mol. The highest BCUT2D eigenvalue weighted by Crippen LogP contribution is 2.39. The molecule has 5 rings (SSSR count). The molecule has 2 aromatic carbocycles. The zero-order valence-corrected chi connectivity index (χ0v) is 21.1. The van der Waals surface area contributed by atoms with E-state index in [0.29, 0.717) is 28.5 Å². The van der Waals surface area contributed by atoms with Gasteiger partial charge in [0.15, 0.2) is 0 Å². The fraction of sp³-hybridized carbons (Fsp3) is 0.310. The first-order chi connectivity index (χ1) is 18.3. The third-order valence-corrected chi connectivity index (χ3v) is 7.15. The van der Waals surface area contributed by atoms with Crippen molar-refractivity contribution in [2.75, 3.05) is 5.73 Å². The molecular formula is C29H29F2N5O2. The van der Waals surface area contributed by atoms with Crippen LogP contribution in [0.4, 0.5) is 14.6 Å². The van der Waals surface area contributed by atoms with E-state index >= 15 is 0 Å². The lowest BCUT2D eigenvalue weighted by Crippen LogP contribution is -2.23. The van der Waals surface area contributed by atoms with Crippen LogP contribution in [0.15, 0.2) is 54.9 Å². The van der Waals surface area contributed by atoms with Gasteiger partial charge in [0.25, 0.3) is 0 Å². The SMILES string of the molecule is CC(=N)CC(=O)C1CCC(c2nc(-c3cccc(OCc4c(F)cccc4F)c3)c3c(N)nccn23)CC1. The minimum Gasteiger partial charge on any atom is -0.489 e. The largest absolute Gasteiger partial charge is 0.489 e. The summed E-state index contributed by atoms with van der Waals surface area (Å²) in [7, 11) is 0. The Morgan fingerprint density at radius 3 is 2.55 bits per heavy atom. The normalized spacial score (nSPS) is 17.4. The van der Waals surface area contributed by atoms with Gasteiger partial charge in [-0.3, -0.25) is 9.20 Å². The number of nitrogens with two attached hydrogens (primary N) is 1. The van der Waals surface area contributed by atoms with Gasteiger partial charge in [0.2, 0.25) is 0 Å². The monoisotopic (exact) mass is 517 g/mol. The van der Waals surface area contributed by atoms with Crippen molar-refractivity contribution < 1.29 is 18.3 Å². The van der Waals surface area contributed by atoms with Gasteiger partial charge in [0.05, 0.1) is 5.56 Å². The van der Waals surface area contributed by atoms with Crippen molar-refractivity contribution >= 4 is 22.8 Å². The third-order valence-electron chi connectivity index (χ3n) is 7.15. The van der Waals surface area contributed by atoms with Gasteiger partial charge < -0.3 is 15.9 Å². The van der Waals surface area contributed by atoms with Crippen molar-refractivity contribution in [3.05, 3.63) is 77.9 Å². The third kappa shape index (κ3) is 5.14. The number of imidazole rings is 1. The molecule has 0 amide bonds. The van der Waals surface area contributed by atoms with Crippen LogP contribution in [0, 0.1) is 23.0 Å². The molecule has 2 heterocycles. The number of halogens is 2. The molecule has 0 atom stereocenters. The Bertz CT molecular complexity index is 1490. The van der Waals surface area contributed by atoms with E-state index in [0.717, 1.165) is 37.1 Å². The summed E-state index contributed by atoms with van der Waals surface area (Å²) in [5.74, 6) is 0.595. The Morgan fingerprint density at radius 1 is 1.13 bits per heavy atom. The van der Waals surface area contributed by atoms with E-state index in [4.69, 9.17) is 20.9 Å². The van der Waals surface area contributed by atoms with Gasteiger partial charge in [-0.05, 0) is 56.9 Å². The highest BCUT2D eigenvalue weighted by atomic mass is 19.1. The fourth-order valence-corrected chi connectivity index (χ4v) is 5.21. The molecule has 0 radical (unpaired) electrons. The molecule has 9 heteroatoms. The Morgan fingerprint density at radius 2 is 1.84 bits per heavy atom. The second kappa shape index (κ2) is 10.7. The molecule has 0 unspecified atom stereocenters. The molecule has 2 aromatic heterocycles. The van der Waals surface area contributed by atoms with Gasteiger partial charge >= 0.3 is 0 Å². The molecule has 196 valence electrons. The number of nitrogens with one attached hydrogen (secondary N) is 1. The van der Waals surface area contributed by atoms with Gasteiger partial charge in [-0.15, -0.1) is 0 Å². The minimum atomic E-state index is -0.658. The number of aromatic nitrogens is 3. The summed E-state index contributed by atoms with van der Waals surface area (Å²) in [5.41, 5.74) is 8.63. The molecule has 4 aromatic rings. The van der Waals surface area contributed by atoms with E-state index in [2.05, 4.69) is 4.98 Å². The van der Waals surface area contributed by atoms with Crippen molar-refractivity contribution in [3.63, 3.8) is 0 Å². The highest BCUT2D eigenvalue weighted by Gasteiger charge is 2.30. The summed E-state index contributed by atoms with van der Waals surface area (Å²) in [4.78, 5) is 21.7. The number of hydrogen-bond acceptors (Lipinski definition) is 6. The van der Waals surface area contributed by atoms with Crippen LogP contribution >= 0.6 is 0 Å². The molecule has 0 aliphatic heterocycles. The second-order valence-corrected chi connectivity index (χ2v) is 9.84. The fourth-order valence-electron chi connectivity index (χ4n) is 5.21. The van der Waals surface area contributed by atoms with Crippen LogP contribution in [-0.2, 0) is 11.4 Å². The van der Waals surface area contributed by atoms with Crippen LogP contribution in [-0.4, -0.2) is 25.9 Å². The van der Waals surface area contributed by atoms with E-state index in [1.54, 1.807) is 31.3 Å². The number of ether oxygens (including phenoxy) is 1. The maximum atomic E-state index is 14.0. The van der Waals surface area contributed by atoms with E-state index < -0.39 is 11.6 Å². The molecule has 1 fully saturated rings. The van der Waals surface area contributed by atoms with Crippen molar-refractivity contribution in [3.8, 4) is 17.0 Å². The Balaban J connectivity index is 1.42. The molecule has 38 heavy (non-hydrogen) atoms. The van der Waals surface area contributed by atoms with Crippen LogP contribution < -0.4 is 10.5 Å². The van der Waals surface area contributed by atoms with E-state index in [1.165, 1.54) is 18.2 Å². The predicted molar refractivity (Wildman–Crippen MR) is 141 cm³/mol. The van der Waals surface area contributed by atoms with Gasteiger partial charge in [0.1, 0.15) is 52.6 Å². The van der Waals surface area contributed by atoms with Gasteiger partial charge in [-0.1, -0.05) is 18.2 Å². The topological polar surface area (TPSA) is 106 Å².